The molecule has 0 atom stereocenters. The van der Waals surface area contributed by atoms with Crippen LogP contribution in [0.15, 0.2) is 66.7 Å². The van der Waals surface area contributed by atoms with Gasteiger partial charge in [-0.1, -0.05) is 54.1 Å². The van der Waals surface area contributed by atoms with Crippen molar-refractivity contribution >= 4 is 39.7 Å². The summed E-state index contributed by atoms with van der Waals surface area (Å²) in [4.78, 5) is 12.1. The van der Waals surface area contributed by atoms with Crippen molar-refractivity contribution in [3.8, 4) is 5.75 Å². The maximum Gasteiger partial charge on any atom is 0.226 e. The zero-order chi connectivity index (χ0) is 19.1. The topological polar surface area (TPSA) is 50.4 Å². The fourth-order valence-electron chi connectivity index (χ4n) is 2.73. The van der Waals surface area contributed by atoms with Crippen molar-refractivity contribution in [2.24, 2.45) is 0 Å². The van der Waals surface area contributed by atoms with Gasteiger partial charge in [0.25, 0.3) is 0 Å². The number of fused-ring (bicyclic) bond motifs is 1. The number of nitrogens with one attached hydrogen (secondary N) is 2. The van der Waals surface area contributed by atoms with Crippen molar-refractivity contribution in [3.05, 3.63) is 72.3 Å². The van der Waals surface area contributed by atoms with Gasteiger partial charge in [-0.25, -0.2) is 0 Å². The normalized spacial score (nSPS) is 10.4. The largest absolute Gasteiger partial charge is 0.494 e. The summed E-state index contributed by atoms with van der Waals surface area (Å²) in [5.74, 6) is 0.689. The van der Waals surface area contributed by atoms with Gasteiger partial charge in [-0.15, -0.1) is 0 Å². The van der Waals surface area contributed by atoms with Crippen LogP contribution in [-0.4, -0.2) is 17.6 Å². The molecular formula is C22H22N2O2S. The van der Waals surface area contributed by atoms with E-state index in [1.165, 1.54) is 5.56 Å². The smallest absolute Gasteiger partial charge is 0.226 e. The lowest BCUT2D eigenvalue weighted by molar-refractivity contribution is -0.119. The van der Waals surface area contributed by atoms with Crippen LogP contribution in [0.1, 0.15) is 18.4 Å². The van der Waals surface area contributed by atoms with Crippen molar-refractivity contribution in [2.75, 3.05) is 11.9 Å². The first-order valence-corrected chi connectivity index (χ1v) is 9.31. The van der Waals surface area contributed by atoms with Crippen molar-refractivity contribution in [2.45, 2.75) is 19.8 Å². The Hall–Kier alpha value is -2.92. The Morgan fingerprint density at radius 2 is 1.74 bits per heavy atom. The molecule has 0 aliphatic carbocycles. The van der Waals surface area contributed by atoms with Crippen molar-refractivity contribution in [1.29, 1.82) is 0 Å². The monoisotopic (exact) mass is 378 g/mol. The molecule has 138 valence electrons. The molecule has 0 aliphatic heterocycles. The molecule has 0 fully saturated rings. The third-order valence-electron chi connectivity index (χ3n) is 4.13. The van der Waals surface area contributed by atoms with Gasteiger partial charge in [-0.2, -0.15) is 0 Å². The van der Waals surface area contributed by atoms with Crippen LogP contribution >= 0.6 is 12.2 Å². The van der Waals surface area contributed by atoms with Crippen LogP contribution in [0.5, 0.6) is 5.75 Å². The van der Waals surface area contributed by atoms with Crippen LogP contribution in [0.4, 0.5) is 5.69 Å². The van der Waals surface area contributed by atoms with Gasteiger partial charge in [0.05, 0.1) is 6.61 Å². The summed E-state index contributed by atoms with van der Waals surface area (Å²) < 4.78 is 5.63. The summed E-state index contributed by atoms with van der Waals surface area (Å²) in [5.41, 5.74) is 2.06. The molecular weight excluding hydrogens is 356 g/mol. The molecule has 0 saturated heterocycles. The number of rotatable bonds is 6. The van der Waals surface area contributed by atoms with E-state index in [0.29, 0.717) is 24.6 Å². The summed E-state index contributed by atoms with van der Waals surface area (Å²) >= 11 is 5.27. The Balaban J connectivity index is 1.43. The molecule has 0 unspecified atom stereocenters. The fraction of sp³-hybridized carbons (Fsp3) is 0.182. The van der Waals surface area contributed by atoms with Crippen molar-refractivity contribution in [3.63, 3.8) is 0 Å². The SMILES string of the molecule is Cc1ccc(OCCCC(=O)NC(=S)Nc2cccc3ccccc23)cc1. The summed E-state index contributed by atoms with van der Waals surface area (Å²) in [6.07, 6.45) is 0.972. The highest BCUT2D eigenvalue weighted by atomic mass is 32.1. The highest BCUT2D eigenvalue weighted by Gasteiger charge is 2.07. The number of carbonyl (C=O) groups is 1. The molecule has 0 aliphatic rings. The van der Waals surface area contributed by atoms with Gasteiger partial charge in [0.1, 0.15) is 5.75 Å². The van der Waals surface area contributed by atoms with Gasteiger partial charge in [0.2, 0.25) is 5.91 Å². The third-order valence-corrected chi connectivity index (χ3v) is 4.33. The number of ether oxygens (including phenoxy) is 1. The second-order valence-corrected chi connectivity index (χ2v) is 6.70. The molecule has 2 N–H and O–H groups in total. The molecule has 4 nitrogen and oxygen atoms in total. The summed E-state index contributed by atoms with van der Waals surface area (Å²) in [6.45, 7) is 2.52. The first kappa shape index (κ1) is 18.9. The summed E-state index contributed by atoms with van der Waals surface area (Å²) in [6, 6.07) is 21.8. The molecule has 5 heteroatoms. The highest BCUT2D eigenvalue weighted by Crippen LogP contribution is 2.22. The Morgan fingerprint density at radius 1 is 1.00 bits per heavy atom. The van der Waals surface area contributed by atoms with Gasteiger partial charge in [0.15, 0.2) is 5.11 Å². The lowest BCUT2D eigenvalue weighted by Gasteiger charge is -2.12. The maximum absolute atomic E-state index is 12.1. The predicted octanol–water partition coefficient (Wildman–Crippen LogP) is 4.82. The second-order valence-electron chi connectivity index (χ2n) is 6.29. The molecule has 0 heterocycles. The van der Waals surface area contributed by atoms with Crippen molar-refractivity contribution in [1.82, 2.24) is 5.32 Å². The van der Waals surface area contributed by atoms with Crippen molar-refractivity contribution < 1.29 is 9.53 Å². The second kappa shape index (κ2) is 9.14. The van der Waals surface area contributed by atoms with E-state index in [1.54, 1.807) is 0 Å². The van der Waals surface area contributed by atoms with Crippen LogP contribution < -0.4 is 15.4 Å². The zero-order valence-electron chi connectivity index (χ0n) is 15.2. The maximum atomic E-state index is 12.1. The fourth-order valence-corrected chi connectivity index (χ4v) is 2.96. The minimum Gasteiger partial charge on any atom is -0.494 e. The molecule has 0 bridgehead atoms. The average molecular weight is 378 g/mol. The molecule has 3 aromatic rings. The number of amides is 1. The number of carbonyl (C=O) groups excluding carboxylic acids is 1. The van der Waals surface area contributed by atoms with Gasteiger partial charge in [0, 0.05) is 17.5 Å². The van der Waals surface area contributed by atoms with E-state index in [4.69, 9.17) is 17.0 Å². The number of benzene rings is 3. The van der Waals surface area contributed by atoms with E-state index in [1.807, 2.05) is 73.7 Å². The van der Waals surface area contributed by atoms with Gasteiger partial charge in [-0.05, 0) is 49.1 Å². The highest BCUT2D eigenvalue weighted by molar-refractivity contribution is 7.80. The molecule has 0 radical (unpaired) electrons. The Bertz CT molecular complexity index is 933. The number of hydrogen-bond donors (Lipinski definition) is 2. The first-order chi connectivity index (χ1) is 13.1. The Kier molecular flexibility index (Phi) is 6.39. The van der Waals surface area contributed by atoms with Crippen LogP contribution in [-0.2, 0) is 4.79 Å². The van der Waals surface area contributed by atoms with Gasteiger partial charge >= 0.3 is 0 Å². The van der Waals surface area contributed by atoms with E-state index in [9.17, 15) is 4.79 Å². The minimum atomic E-state index is -0.125. The molecule has 0 aromatic heterocycles. The van der Waals surface area contributed by atoms with E-state index in [0.717, 1.165) is 22.2 Å². The van der Waals surface area contributed by atoms with E-state index >= 15 is 0 Å². The molecule has 0 saturated carbocycles. The quantitative estimate of drug-likeness (QED) is 0.477. The van der Waals surface area contributed by atoms with Crippen LogP contribution in [0, 0.1) is 6.92 Å². The van der Waals surface area contributed by atoms with Gasteiger partial charge in [-0.3, -0.25) is 4.79 Å². The number of anilines is 1. The standard InChI is InChI=1S/C22H22N2O2S/c1-16-11-13-18(14-12-16)26-15-5-10-21(25)24-22(27)23-20-9-4-7-17-6-2-3-8-19(17)20/h2-4,6-9,11-14H,5,10,15H2,1H3,(H2,23,24,25,27). The first-order valence-electron chi connectivity index (χ1n) is 8.90. The van der Waals surface area contributed by atoms with E-state index in [-0.39, 0.29) is 5.91 Å². The zero-order valence-corrected chi connectivity index (χ0v) is 16.0. The molecule has 1 amide bonds. The van der Waals surface area contributed by atoms with E-state index in [2.05, 4.69) is 10.6 Å². The molecule has 0 spiro atoms. The molecule has 3 aromatic carbocycles. The van der Waals surface area contributed by atoms with Crippen LogP contribution in [0.25, 0.3) is 10.8 Å². The van der Waals surface area contributed by atoms with Crippen LogP contribution in [0.3, 0.4) is 0 Å². The summed E-state index contributed by atoms with van der Waals surface area (Å²) in [5, 5.41) is 8.31. The van der Waals surface area contributed by atoms with Crippen LogP contribution in [0.2, 0.25) is 0 Å². The average Bonchev–Trinajstić information content (AvgIpc) is 2.67. The van der Waals surface area contributed by atoms with Gasteiger partial charge < -0.3 is 15.4 Å². The predicted molar refractivity (Wildman–Crippen MR) is 114 cm³/mol. The summed E-state index contributed by atoms with van der Waals surface area (Å²) in [7, 11) is 0. The lowest BCUT2D eigenvalue weighted by Crippen LogP contribution is -2.34. The number of hydrogen-bond acceptors (Lipinski definition) is 3. The number of thiocarbonyl (C=S) groups is 1. The van der Waals surface area contributed by atoms with E-state index < -0.39 is 0 Å². The Morgan fingerprint density at radius 3 is 2.56 bits per heavy atom. The molecule has 3 rings (SSSR count). The minimum absolute atomic E-state index is 0.125. The third kappa shape index (κ3) is 5.53. The molecule has 27 heavy (non-hydrogen) atoms. The lowest BCUT2D eigenvalue weighted by atomic mass is 10.1. The number of aryl methyl sites for hydroxylation is 1. The Labute approximate surface area is 164 Å².